The molecule has 5 aromatic carbocycles. The molecule has 618 valence electrons. The highest BCUT2D eigenvalue weighted by Crippen LogP contribution is 2.37. The van der Waals surface area contributed by atoms with Crippen LogP contribution in [0.4, 0.5) is 53.3 Å². The minimum atomic E-state index is -0.879. The van der Waals surface area contributed by atoms with Crippen molar-refractivity contribution in [3.8, 4) is 0 Å². The lowest BCUT2D eigenvalue weighted by molar-refractivity contribution is 0.0975. The quantitative estimate of drug-likeness (QED) is 0.0483. The van der Waals surface area contributed by atoms with Crippen molar-refractivity contribution in [1.82, 2.24) is 49.8 Å². The van der Waals surface area contributed by atoms with E-state index in [4.69, 9.17) is 0 Å². The molecule has 0 atom stereocenters. The molecule has 12 aromatic rings. The van der Waals surface area contributed by atoms with Gasteiger partial charge in [-0.2, -0.15) is 0 Å². The summed E-state index contributed by atoms with van der Waals surface area (Å²) in [6.07, 6.45) is 23.0. The number of hydrogen-bond donors (Lipinski definition) is 0. The number of pyridine rings is 3. The van der Waals surface area contributed by atoms with E-state index in [9.17, 15) is 49.9 Å². The standard InChI is InChI=1S/C25H24F2N2OS.C24H21F2N3O.C23H21FN4O.C22H19F2N5O.ClH/c1-16(2)19-10-12-29(25-28-11-13-31-25)15-20(19)18-8-6-17(7-9-18)14-23(30)24-21(26)4-3-5-22(24)27;1-16-10-12-29(23-7-2-3-11-27-23)15-19(16)17-8-9-18(28-14-17)13-22(30)24-20(25)5-4-6-21(24)26;1-16-7-9-28(19-11-26-15-27-12-19)14-21(16)18-4-2-17(3-5-18)10-23(29)20-6-8-25-13-22(20)24;1-14-6-9-29(22-25-7-3-8-26-22)13-16(14)19-12-27-15(11-28-19)10-20(30)21-17(23)4-2-5-18(21)24;/h3-9,11,13,16H,10,12,14-15H2,1-2H3;2-9,11,14H,10,12-13,15H2,1H3;2-6,8,11-13,15H,7,9-10,14H2,1H3;2-5,7-8,11-12H,6,9-10,13H2,1H3;1H. The molecular weight excluding hydrogens is 1590 g/mol. The Balaban J connectivity index is 0.000000147. The number of benzene rings is 5. The van der Waals surface area contributed by atoms with Crippen LogP contribution < -0.4 is 19.6 Å². The highest BCUT2D eigenvalue weighted by molar-refractivity contribution is 7.13. The lowest BCUT2D eigenvalue weighted by atomic mass is 9.87. The molecule has 7 aromatic heterocycles. The van der Waals surface area contributed by atoms with Crippen LogP contribution >= 0.6 is 23.7 Å². The third kappa shape index (κ3) is 22.1. The Morgan fingerprint density at radius 1 is 0.388 bits per heavy atom. The van der Waals surface area contributed by atoms with Crippen LogP contribution in [0, 0.1) is 46.6 Å². The average Bonchev–Trinajstić information content (AvgIpc) is 1.70. The summed E-state index contributed by atoms with van der Waals surface area (Å²) in [6.45, 7) is 17.3. The summed E-state index contributed by atoms with van der Waals surface area (Å²) in [7, 11) is 0. The van der Waals surface area contributed by atoms with Crippen LogP contribution in [0.1, 0.15) is 147 Å². The smallest absolute Gasteiger partial charge is 0.225 e. The number of rotatable bonds is 21. The van der Waals surface area contributed by atoms with Crippen LogP contribution in [0.15, 0.2) is 248 Å². The SMILES string of the molecule is CC(C)C1=C(c2ccc(CC(=O)c3c(F)cccc3F)cc2)CN(c2nccs2)CC1.CC1=C(c2ccc(CC(=O)c3c(F)cccc3F)nc2)CN(c2ccccn2)CC1.CC1=C(c2ccc(CC(=O)c3ccncc3F)cc2)CN(c2cncnc2)CC1.CC1=C(c2cnc(CC(=O)c3c(F)cccc3F)cn2)CN(c2ncccn2)CC1.Cl. The van der Waals surface area contributed by atoms with Gasteiger partial charge in [0.2, 0.25) is 5.95 Å². The van der Waals surface area contributed by atoms with E-state index in [0.29, 0.717) is 35.5 Å². The van der Waals surface area contributed by atoms with Gasteiger partial charge in [-0.25, -0.2) is 60.6 Å². The molecule has 27 heteroatoms. The van der Waals surface area contributed by atoms with E-state index in [0.717, 1.165) is 164 Å². The van der Waals surface area contributed by atoms with Crippen molar-refractivity contribution in [2.75, 3.05) is 72.0 Å². The fraction of sp³-hybridized carbons (Fsp3) is 0.234. The zero-order valence-corrected chi connectivity index (χ0v) is 68.7. The fourth-order valence-corrected chi connectivity index (χ4v) is 15.4. The normalized spacial score (nSPS) is 14.1. The van der Waals surface area contributed by atoms with Gasteiger partial charge in [-0.15, -0.1) is 23.7 Å². The molecular formula is C94H86ClF7N14O4S. The molecule has 0 unspecified atom stereocenters. The molecule has 0 aliphatic carbocycles. The first-order valence-corrected chi connectivity index (χ1v) is 40.1. The number of carbonyl (C=O) groups excluding carboxylic acids is 4. The minimum Gasteiger partial charge on any atom is -0.364 e. The molecule has 121 heavy (non-hydrogen) atoms. The molecule has 0 bridgehead atoms. The van der Waals surface area contributed by atoms with Crippen molar-refractivity contribution in [3.05, 3.63) is 356 Å². The molecule has 18 nitrogen and oxygen atoms in total. The van der Waals surface area contributed by atoms with Gasteiger partial charge in [0.05, 0.1) is 77.0 Å². The minimum absolute atomic E-state index is 0. The van der Waals surface area contributed by atoms with Crippen LogP contribution in [0.25, 0.3) is 22.3 Å². The molecule has 0 saturated carbocycles. The molecule has 4 aliphatic heterocycles. The number of Topliss-reactive ketones (excluding diaryl/α,β-unsaturated/α-hetero) is 4. The predicted molar refractivity (Wildman–Crippen MR) is 459 cm³/mol. The maximum atomic E-state index is 13.9. The van der Waals surface area contributed by atoms with E-state index in [1.54, 1.807) is 54.5 Å². The van der Waals surface area contributed by atoms with Gasteiger partial charge in [0.25, 0.3) is 0 Å². The molecule has 4 aliphatic rings. The monoisotopic (exact) mass is 1670 g/mol. The van der Waals surface area contributed by atoms with Crippen LogP contribution in [-0.4, -0.2) is 125 Å². The van der Waals surface area contributed by atoms with Crippen molar-refractivity contribution in [2.24, 2.45) is 5.92 Å². The van der Waals surface area contributed by atoms with Gasteiger partial charge in [-0.3, -0.25) is 39.1 Å². The Bertz CT molecular complexity index is 5540. The van der Waals surface area contributed by atoms with E-state index in [1.807, 2.05) is 96.8 Å². The Morgan fingerprint density at radius 2 is 0.884 bits per heavy atom. The Morgan fingerprint density at radius 3 is 1.42 bits per heavy atom. The van der Waals surface area contributed by atoms with Crippen molar-refractivity contribution < 1.29 is 49.9 Å². The topological polar surface area (TPSA) is 210 Å². The Hall–Kier alpha value is -12.9. The first-order chi connectivity index (χ1) is 58.1. The highest BCUT2D eigenvalue weighted by atomic mass is 35.5. The molecule has 16 rings (SSSR count). The molecule has 11 heterocycles. The Kier molecular flexibility index (Phi) is 29.7. The second kappa shape index (κ2) is 41.2. The lowest BCUT2D eigenvalue weighted by Gasteiger charge is -2.32. The van der Waals surface area contributed by atoms with Gasteiger partial charge in [0.1, 0.15) is 47.0 Å². The number of hydrogen-bond acceptors (Lipinski definition) is 19. The van der Waals surface area contributed by atoms with Crippen molar-refractivity contribution in [3.63, 3.8) is 0 Å². The third-order valence-corrected chi connectivity index (χ3v) is 22.2. The third-order valence-electron chi connectivity index (χ3n) is 21.4. The second-order valence-corrected chi connectivity index (χ2v) is 30.5. The number of ketones is 4. The highest BCUT2D eigenvalue weighted by Gasteiger charge is 2.28. The summed E-state index contributed by atoms with van der Waals surface area (Å²) in [5.41, 5.74) is 15.9. The van der Waals surface area contributed by atoms with E-state index >= 15 is 0 Å². The van der Waals surface area contributed by atoms with Crippen LogP contribution in [0.3, 0.4) is 0 Å². The lowest BCUT2D eigenvalue weighted by Crippen LogP contribution is -2.32. The molecule has 0 N–H and O–H groups in total. The van der Waals surface area contributed by atoms with Crippen LogP contribution in [0.5, 0.6) is 0 Å². The largest absolute Gasteiger partial charge is 0.364 e. The number of carbonyl (C=O) groups is 4. The molecule has 0 amide bonds. The zero-order chi connectivity index (χ0) is 84.3. The summed E-state index contributed by atoms with van der Waals surface area (Å²) in [5.74, 6) is -5.76. The number of halogens is 8. The van der Waals surface area contributed by atoms with Crippen LogP contribution in [-0.2, 0) is 25.7 Å². The van der Waals surface area contributed by atoms with E-state index in [-0.39, 0.29) is 49.4 Å². The molecule has 0 fully saturated rings. The number of nitrogens with zero attached hydrogens (tertiary/aromatic N) is 14. The van der Waals surface area contributed by atoms with E-state index in [1.165, 1.54) is 82.0 Å². The summed E-state index contributed by atoms with van der Waals surface area (Å²) in [6, 6.07) is 38.6. The molecule has 0 radical (unpaired) electrons. The number of aromatic nitrogens is 10. The second-order valence-electron chi connectivity index (χ2n) is 29.6. The summed E-state index contributed by atoms with van der Waals surface area (Å²) >= 11 is 1.64. The van der Waals surface area contributed by atoms with Crippen molar-refractivity contribution >= 4 is 91.8 Å². The predicted octanol–water partition coefficient (Wildman–Crippen LogP) is 19.2. The van der Waals surface area contributed by atoms with Gasteiger partial charge in [-0.1, -0.05) is 115 Å². The number of anilines is 4. The van der Waals surface area contributed by atoms with E-state index < -0.39 is 74.8 Å². The average molecular weight is 1680 g/mol. The first-order valence-electron chi connectivity index (χ1n) is 39.2. The van der Waals surface area contributed by atoms with E-state index in [2.05, 4.69) is 104 Å². The summed E-state index contributed by atoms with van der Waals surface area (Å²) < 4.78 is 96.9. The summed E-state index contributed by atoms with van der Waals surface area (Å²) in [4.78, 5) is 101. The maximum absolute atomic E-state index is 13.9. The molecule has 0 saturated heterocycles. The van der Waals surface area contributed by atoms with Gasteiger partial charge in [0, 0.05) is 120 Å². The van der Waals surface area contributed by atoms with Crippen LogP contribution in [0.2, 0.25) is 0 Å². The first kappa shape index (κ1) is 87.4. The van der Waals surface area contributed by atoms with Gasteiger partial charge in [-0.05, 0) is 169 Å². The van der Waals surface area contributed by atoms with Gasteiger partial charge >= 0.3 is 0 Å². The Labute approximate surface area is 707 Å². The zero-order valence-electron chi connectivity index (χ0n) is 67.1. The maximum Gasteiger partial charge on any atom is 0.225 e. The van der Waals surface area contributed by atoms with Crippen molar-refractivity contribution in [2.45, 2.75) is 86.0 Å². The molecule has 0 spiro atoms. The van der Waals surface area contributed by atoms with Gasteiger partial charge < -0.3 is 19.6 Å². The summed E-state index contributed by atoms with van der Waals surface area (Å²) in [5, 5.41) is 3.01. The van der Waals surface area contributed by atoms with Crippen molar-refractivity contribution in [1.29, 1.82) is 0 Å². The number of thiazole rings is 1. The fourth-order valence-electron chi connectivity index (χ4n) is 14.7. The van der Waals surface area contributed by atoms with Gasteiger partial charge in [0.15, 0.2) is 34.1 Å².